The fourth-order valence-corrected chi connectivity index (χ4v) is 5.33. The Kier molecular flexibility index (Phi) is 7.65. The number of piperazine rings is 1. The van der Waals surface area contributed by atoms with Gasteiger partial charge in [-0.25, -0.2) is 0 Å². The molecule has 0 spiro atoms. The molecule has 36 heavy (non-hydrogen) atoms. The summed E-state index contributed by atoms with van der Waals surface area (Å²) in [6, 6.07) is 19.4. The number of aromatic nitrogens is 4. The van der Waals surface area contributed by atoms with E-state index in [1.165, 1.54) is 0 Å². The number of hydrogen-bond donors (Lipinski definition) is 0. The number of rotatable bonds is 7. The van der Waals surface area contributed by atoms with Crippen LogP contribution in [0.5, 0.6) is 0 Å². The summed E-state index contributed by atoms with van der Waals surface area (Å²) in [4.78, 5) is 21.3. The first-order valence-electron chi connectivity index (χ1n) is 12.0. The number of pyridine rings is 1. The van der Waals surface area contributed by atoms with Crippen LogP contribution in [0.15, 0.2) is 78.2 Å². The molecule has 9 heteroatoms. The van der Waals surface area contributed by atoms with Crippen LogP contribution in [-0.4, -0.2) is 68.2 Å². The van der Waals surface area contributed by atoms with Gasteiger partial charge >= 0.3 is 0 Å². The number of benzene rings is 2. The molecule has 184 valence electrons. The molecule has 7 nitrogen and oxygen atoms in total. The quantitative estimate of drug-likeness (QED) is 0.319. The zero-order valence-electron chi connectivity index (χ0n) is 20.0. The number of carbonyl (C=O) groups excluding carboxylic acids is 1. The number of amides is 1. The minimum Gasteiger partial charge on any atom is -0.336 e. The van der Waals surface area contributed by atoms with Gasteiger partial charge in [0.05, 0.1) is 5.69 Å². The summed E-state index contributed by atoms with van der Waals surface area (Å²) in [5.41, 5.74) is 3.66. The fourth-order valence-electron chi connectivity index (χ4n) is 4.24. The Morgan fingerprint density at radius 2 is 1.72 bits per heavy atom. The SMILES string of the molecule is CCN1CCN(C(=O)c2ccc(CSc3nnc(-c4ccncc4)n3-c3cccc(Cl)c3)cc2)CC1. The van der Waals surface area contributed by atoms with Crippen molar-refractivity contribution in [3.8, 4) is 17.1 Å². The highest BCUT2D eigenvalue weighted by Gasteiger charge is 2.21. The molecule has 1 aliphatic rings. The van der Waals surface area contributed by atoms with Crippen molar-refractivity contribution in [2.45, 2.75) is 17.8 Å². The minimum absolute atomic E-state index is 0.104. The van der Waals surface area contributed by atoms with Gasteiger partial charge in [0.15, 0.2) is 11.0 Å². The monoisotopic (exact) mass is 518 g/mol. The number of hydrogen-bond acceptors (Lipinski definition) is 6. The van der Waals surface area contributed by atoms with Crippen LogP contribution in [-0.2, 0) is 5.75 Å². The Balaban J connectivity index is 1.32. The molecule has 1 amide bonds. The van der Waals surface area contributed by atoms with Gasteiger partial charge in [0.25, 0.3) is 5.91 Å². The van der Waals surface area contributed by atoms with Crippen LogP contribution in [0.4, 0.5) is 0 Å². The number of halogens is 1. The van der Waals surface area contributed by atoms with Crippen molar-refractivity contribution in [2.75, 3.05) is 32.7 Å². The first kappa shape index (κ1) is 24.5. The molecule has 2 aromatic heterocycles. The van der Waals surface area contributed by atoms with Crippen LogP contribution in [0.3, 0.4) is 0 Å². The molecular formula is C27H27ClN6OS. The molecule has 0 radical (unpaired) electrons. The second kappa shape index (κ2) is 11.2. The smallest absolute Gasteiger partial charge is 0.253 e. The zero-order chi connectivity index (χ0) is 24.9. The summed E-state index contributed by atoms with van der Waals surface area (Å²) < 4.78 is 2.01. The number of likely N-dealkylation sites (N-methyl/N-ethyl adjacent to an activating group) is 1. The van der Waals surface area contributed by atoms with Crippen molar-refractivity contribution in [2.24, 2.45) is 0 Å². The van der Waals surface area contributed by atoms with Crippen LogP contribution in [0.2, 0.25) is 5.02 Å². The minimum atomic E-state index is 0.104. The van der Waals surface area contributed by atoms with Crippen LogP contribution in [0.25, 0.3) is 17.1 Å². The third-order valence-corrected chi connectivity index (χ3v) is 7.55. The average Bonchev–Trinajstić information content (AvgIpc) is 3.36. The molecule has 0 N–H and O–H groups in total. The van der Waals surface area contributed by atoms with Crippen LogP contribution in [0, 0.1) is 0 Å². The Morgan fingerprint density at radius 1 is 0.972 bits per heavy atom. The molecule has 0 unspecified atom stereocenters. The van der Waals surface area contributed by atoms with Crippen LogP contribution >= 0.6 is 23.4 Å². The molecule has 5 rings (SSSR count). The fraction of sp³-hybridized carbons (Fsp3) is 0.259. The van der Waals surface area contributed by atoms with E-state index in [9.17, 15) is 4.79 Å². The third-order valence-electron chi connectivity index (χ3n) is 6.31. The summed E-state index contributed by atoms with van der Waals surface area (Å²) in [5.74, 6) is 1.53. The van der Waals surface area contributed by atoms with E-state index in [-0.39, 0.29) is 5.91 Å². The lowest BCUT2D eigenvalue weighted by atomic mass is 10.1. The molecule has 0 saturated carbocycles. The van der Waals surface area contributed by atoms with Gasteiger partial charge in [0.1, 0.15) is 0 Å². The number of nitrogens with zero attached hydrogens (tertiary/aromatic N) is 6. The van der Waals surface area contributed by atoms with Gasteiger partial charge in [-0.15, -0.1) is 10.2 Å². The second-order valence-corrected chi connectivity index (χ2v) is 9.95. The van der Waals surface area contributed by atoms with Crippen molar-refractivity contribution in [1.29, 1.82) is 0 Å². The molecule has 1 aliphatic heterocycles. The summed E-state index contributed by atoms with van der Waals surface area (Å²) in [5, 5.41) is 10.4. The zero-order valence-corrected chi connectivity index (χ0v) is 21.6. The maximum Gasteiger partial charge on any atom is 0.253 e. The predicted octanol–water partition coefficient (Wildman–Crippen LogP) is 5.05. The Bertz CT molecular complexity index is 1320. The van der Waals surface area contributed by atoms with Gasteiger partial charge < -0.3 is 9.80 Å². The number of thioether (sulfide) groups is 1. The molecule has 2 aromatic carbocycles. The van der Waals surface area contributed by atoms with E-state index in [4.69, 9.17) is 11.6 Å². The lowest BCUT2D eigenvalue weighted by molar-refractivity contribution is 0.0643. The van der Waals surface area contributed by atoms with Gasteiger partial charge in [-0.2, -0.15) is 0 Å². The summed E-state index contributed by atoms with van der Waals surface area (Å²) in [6.07, 6.45) is 3.48. The van der Waals surface area contributed by atoms with Gasteiger partial charge in [0.2, 0.25) is 0 Å². The summed E-state index contributed by atoms with van der Waals surface area (Å²) in [7, 11) is 0. The molecular weight excluding hydrogens is 492 g/mol. The molecule has 1 fully saturated rings. The molecule has 3 heterocycles. The molecule has 1 saturated heterocycles. The Morgan fingerprint density at radius 3 is 2.42 bits per heavy atom. The highest BCUT2D eigenvalue weighted by atomic mass is 35.5. The summed E-state index contributed by atoms with van der Waals surface area (Å²) in [6.45, 7) is 6.62. The lowest BCUT2D eigenvalue weighted by Crippen LogP contribution is -2.48. The third kappa shape index (κ3) is 5.46. The van der Waals surface area contributed by atoms with E-state index in [1.807, 2.05) is 70.1 Å². The first-order valence-corrected chi connectivity index (χ1v) is 13.3. The molecule has 0 atom stereocenters. The van der Waals surface area contributed by atoms with E-state index < -0.39 is 0 Å². The summed E-state index contributed by atoms with van der Waals surface area (Å²) >= 11 is 7.88. The van der Waals surface area contributed by atoms with Gasteiger partial charge in [-0.05, 0) is 54.6 Å². The maximum atomic E-state index is 12.9. The number of carbonyl (C=O) groups is 1. The molecule has 4 aromatic rings. The van der Waals surface area contributed by atoms with Crippen molar-refractivity contribution < 1.29 is 4.79 Å². The van der Waals surface area contributed by atoms with Gasteiger partial charge in [0, 0.05) is 60.5 Å². The van der Waals surface area contributed by atoms with E-state index in [0.29, 0.717) is 10.8 Å². The van der Waals surface area contributed by atoms with Crippen molar-refractivity contribution in [3.63, 3.8) is 0 Å². The van der Waals surface area contributed by atoms with Crippen molar-refractivity contribution in [1.82, 2.24) is 29.5 Å². The lowest BCUT2D eigenvalue weighted by Gasteiger charge is -2.34. The van der Waals surface area contributed by atoms with E-state index in [0.717, 1.165) is 66.1 Å². The Hall–Kier alpha value is -3.20. The predicted molar refractivity (Wildman–Crippen MR) is 144 cm³/mol. The van der Waals surface area contributed by atoms with E-state index >= 15 is 0 Å². The van der Waals surface area contributed by atoms with E-state index in [2.05, 4.69) is 27.0 Å². The molecule has 0 aliphatic carbocycles. The largest absolute Gasteiger partial charge is 0.336 e. The van der Waals surface area contributed by atoms with Crippen LogP contribution < -0.4 is 0 Å². The Labute approximate surface area is 220 Å². The first-order chi connectivity index (χ1) is 17.6. The van der Waals surface area contributed by atoms with Gasteiger partial charge in [-0.1, -0.05) is 48.5 Å². The normalized spacial score (nSPS) is 14.2. The van der Waals surface area contributed by atoms with Gasteiger partial charge in [-0.3, -0.25) is 14.3 Å². The average molecular weight is 519 g/mol. The highest BCUT2D eigenvalue weighted by Crippen LogP contribution is 2.30. The maximum absolute atomic E-state index is 12.9. The highest BCUT2D eigenvalue weighted by molar-refractivity contribution is 7.98. The van der Waals surface area contributed by atoms with E-state index in [1.54, 1.807) is 24.2 Å². The van der Waals surface area contributed by atoms with Crippen molar-refractivity contribution >= 4 is 29.3 Å². The standard InChI is InChI=1S/C27H27ClN6OS/c1-2-32-14-16-33(17-15-32)26(35)22-8-6-20(7-9-22)19-36-27-31-30-25(21-10-12-29-13-11-21)34(27)24-5-3-4-23(28)18-24/h3-13,18H,2,14-17,19H2,1H3. The van der Waals surface area contributed by atoms with Crippen LogP contribution in [0.1, 0.15) is 22.8 Å². The topological polar surface area (TPSA) is 67.2 Å². The van der Waals surface area contributed by atoms with Crippen molar-refractivity contribution in [3.05, 3.63) is 89.2 Å². The molecule has 0 bridgehead atoms. The second-order valence-electron chi connectivity index (χ2n) is 8.57.